The SMILES string of the molecule is C#C[C@@H]1CC[C@@]2(C)C=CC(=O)C(=C)[C@@H]2C1. The number of carbonyl (C=O) groups is 1. The largest absolute Gasteiger partial charge is 0.290 e. The topological polar surface area (TPSA) is 17.1 Å². The van der Waals surface area contributed by atoms with Crippen LogP contribution in [0.3, 0.4) is 0 Å². The number of rotatable bonds is 0. The molecule has 0 amide bonds. The highest BCUT2D eigenvalue weighted by Crippen LogP contribution is 2.49. The van der Waals surface area contributed by atoms with E-state index >= 15 is 0 Å². The van der Waals surface area contributed by atoms with Gasteiger partial charge in [-0.25, -0.2) is 0 Å². The Morgan fingerprint density at radius 2 is 2.40 bits per heavy atom. The average molecular weight is 200 g/mol. The fraction of sp³-hybridized carbons (Fsp3) is 0.500. The summed E-state index contributed by atoms with van der Waals surface area (Å²) in [5.74, 6) is 3.46. The van der Waals surface area contributed by atoms with E-state index in [1.807, 2.05) is 0 Å². The summed E-state index contributed by atoms with van der Waals surface area (Å²) in [6.07, 6.45) is 12.2. The lowest BCUT2D eigenvalue weighted by molar-refractivity contribution is -0.113. The molecule has 0 aromatic heterocycles. The second kappa shape index (κ2) is 3.38. The number of terminal acetylenes is 1. The second-order valence-electron chi connectivity index (χ2n) is 4.92. The van der Waals surface area contributed by atoms with E-state index in [1.165, 1.54) is 0 Å². The Hall–Kier alpha value is -1.29. The lowest BCUT2D eigenvalue weighted by Crippen LogP contribution is -2.37. The van der Waals surface area contributed by atoms with E-state index in [2.05, 4.69) is 25.5 Å². The molecule has 0 aliphatic heterocycles. The maximum atomic E-state index is 11.5. The van der Waals surface area contributed by atoms with Crippen LogP contribution in [0.15, 0.2) is 24.3 Å². The van der Waals surface area contributed by atoms with E-state index in [0.29, 0.717) is 5.92 Å². The van der Waals surface area contributed by atoms with Crippen molar-refractivity contribution in [3.05, 3.63) is 24.3 Å². The fourth-order valence-corrected chi connectivity index (χ4v) is 2.77. The molecule has 2 rings (SSSR count). The Bertz CT molecular complexity index is 383. The predicted molar refractivity (Wildman–Crippen MR) is 61.1 cm³/mol. The van der Waals surface area contributed by atoms with Crippen molar-refractivity contribution >= 4 is 5.78 Å². The zero-order valence-corrected chi connectivity index (χ0v) is 9.12. The van der Waals surface area contributed by atoms with Gasteiger partial charge in [-0.2, -0.15) is 0 Å². The first-order valence-electron chi connectivity index (χ1n) is 5.45. The van der Waals surface area contributed by atoms with Crippen molar-refractivity contribution in [2.45, 2.75) is 26.2 Å². The zero-order valence-electron chi connectivity index (χ0n) is 9.12. The molecule has 0 bridgehead atoms. The molecule has 0 N–H and O–H groups in total. The van der Waals surface area contributed by atoms with Gasteiger partial charge in [0.15, 0.2) is 5.78 Å². The van der Waals surface area contributed by atoms with Crippen LogP contribution in [0.4, 0.5) is 0 Å². The zero-order chi connectivity index (χ0) is 11.1. The summed E-state index contributed by atoms with van der Waals surface area (Å²) in [6.45, 7) is 6.13. The molecule has 0 aromatic rings. The maximum absolute atomic E-state index is 11.5. The van der Waals surface area contributed by atoms with Crippen molar-refractivity contribution in [1.82, 2.24) is 0 Å². The van der Waals surface area contributed by atoms with Gasteiger partial charge in [0.05, 0.1) is 0 Å². The lowest BCUT2D eigenvalue weighted by Gasteiger charge is -2.44. The molecular weight excluding hydrogens is 184 g/mol. The van der Waals surface area contributed by atoms with Gasteiger partial charge in [-0.15, -0.1) is 12.3 Å². The van der Waals surface area contributed by atoms with Crippen LogP contribution in [-0.4, -0.2) is 5.78 Å². The maximum Gasteiger partial charge on any atom is 0.181 e. The van der Waals surface area contributed by atoms with Crippen molar-refractivity contribution in [3.8, 4) is 12.3 Å². The highest BCUT2D eigenvalue weighted by Gasteiger charge is 2.42. The van der Waals surface area contributed by atoms with Crippen LogP contribution >= 0.6 is 0 Å². The van der Waals surface area contributed by atoms with Gasteiger partial charge in [-0.05, 0) is 42.2 Å². The summed E-state index contributed by atoms with van der Waals surface area (Å²) in [5, 5.41) is 0. The Balaban J connectivity index is 2.32. The quantitative estimate of drug-likeness (QED) is 0.434. The van der Waals surface area contributed by atoms with Crippen molar-refractivity contribution < 1.29 is 4.79 Å². The van der Waals surface area contributed by atoms with Gasteiger partial charge in [0.25, 0.3) is 0 Å². The minimum absolute atomic E-state index is 0.0788. The number of hydrogen-bond acceptors (Lipinski definition) is 1. The van der Waals surface area contributed by atoms with E-state index in [4.69, 9.17) is 6.42 Å². The number of ketones is 1. The molecule has 1 fully saturated rings. The highest BCUT2D eigenvalue weighted by atomic mass is 16.1. The average Bonchev–Trinajstić information content (AvgIpc) is 2.24. The molecule has 0 aromatic carbocycles. The number of allylic oxidation sites excluding steroid dienone is 3. The van der Waals surface area contributed by atoms with Crippen LogP contribution in [0.25, 0.3) is 0 Å². The van der Waals surface area contributed by atoms with Crippen LogP contribution in [0.5, 0.6) is 0 Å². The van der Waals surface area contributed by atoms with Crippen molar-refractivity contribution in [2.24, 2.45) is 17.3 Å². The van der Waals surface area contributed by atoms with Crippen LogP contribution in [0.1, 0.15) is 26.2 Å². The summed E-state index contributed by atoms with van der Waals surface area (Å²) < 4.78 is 0. The number of hydrogen-bond donors (Lipinski definition) is 0. The normalized spacial score (nSPS) is 39.7. The molecule has 0 spiro atoms. The molecule has 0 heterocycles. The van der Waals surface area contributed by atoms with Gasteiger partial charge in [0, 0.05) is 5.92 Å². The Kier molecular flexibility index (Phi) is 2.31. The molecule has 0 unspecified atom stereocenters. The third kappa shape index (κ3) is 1.55. The summed E-state index contributed by atoms with van der Waals surface area (Å²) >= 11 is 0. The van der Waals surface area contributed by atoms with Gasteiger partial charge in [0.2, 0.25) is 0 Å². The number of carbonyl (C=O) groups excluding carboxylic acids is 1. The molecule has 2 aliphatic carbocycles. The Morgan fingerprint density at radius 3 is 3.07 bits per heavy atom. The van der Waals surface area contributed by atoms with E-state index < -0.39 is 0 Å². The molecule has 1 heteroatoms. The smallest absolute Gasteiger partial charge is 0.181 e. The molecule has 0 radical (unpaired) electrons. The van der Waals surface area contributed by atoms with E-state index in [9.17, 15) is 4.79 Å². The van der Waals surface area contributed by atoms with Gasteiger partial charge >= 0.3 is 0 Å². The van der Waals surface area contributed by atoms with Crippen molar-refractivity contribution in [1.29, 1.82) is 0 Å². The lowest BCUT2D eigenvalue weighted by atomic mass is 9.59. The van der Waals surface area contributed by atoms with Crippen LogP contribution in [-0.2, 0) is 4.79 Å². The molecule has 1 saturated carbocycles. The first-order chi connectivity index (χ1) is 7.07. The third-order valence-corrected chi connectivity index (χ3v) is 3.94. The number of fused-ring (bicyclic) bond motifs is 1. The summed E-state index contributed by atoms with van der Waals surface area (Å²) in [7, 11) is 0. The minimum atomic E-state index is 0.0788. The Morgan fingerprint density at radius 1 is 1.67 bits per heavy atom. The predicted octanol–water partition coefficient (Wildman–Crippen LogP) is 2.74. The van der Waals surface area contributed by atoms with Gasteiger partial charge in [-0.3, -0.25) is 4.79 Å². The van der Waals surface area contributed by atoms with E-state index in [1.54, 1.807) is 6.08 Å². The van der Waals surface area contributed by atoms with E-state index in [-0.39, 0.29) is 17.1 Å². The first-order valence-corrected chi connectivity index (χ1v) is 5.45. The van der Waals surface area contributed by atoms with Crippen LogP contribution in [0.2, 0.25) is 0 Å². The molecule has 2 aliphatic rings. The fourth-order valence-electron chi connectivity index (χ4n) is 2.77. The third-order valence-electron chi connectivity index (χ3n) is 3.94. The molecule has 3 atom stereocenters. The van der Waals surface area contributed by atoms with Crippen LogP contribution < -0.4 is 0 Å². The molecule has 0 saturated heterocycles. The monoisotopic (exact) mass is 200 g/mol. The van der Waals surface area contributed by atoms with Gasteiger partial charge in [-0.1, -0.05) is 19.6 Å². The first kappa shape index (κ1) is 10.2. The van der Waals surface area contributed by atoms with Gasteiger partial charge < -0.3 is 0 Å². The van der Waals surface area contributed by atoms with E-state index in [0.717, 1.165) is 24.8 Å². The molecule has 1 nitrogen and oxygen atoms in total. The molecular formula is C14H16O. The van der Waals surface area contributed by atoms with Crippen LogP contribution in [0, 0.1) is 29.6 Å². The summed E-state index contributed by atoms with van der Waals surface area (Å²) in [4.78, 5) is 11.5. The van der Waals surface area contributed by atoms with Crippen molar-refractivity contribution in [2.75, 3.05) is 0 Å². The summed E-state index contributed by atoms with van der Waals surface area (Å²) in [6, 6.07) is 0. The standard InChI is InChI=1S/C14H16O/c1-4-11-5-7-14(3)8-6-13(15)10(2)12(14)9-11/h1,6,8,11-12H,2,5,7,9H2,3H3/t11-,12+,14+/m1/s1. The second-order valence-corrected chi connectivity index (χ2v) is 4.92. The highest BCUT2D eigenvalue weighted by molar-refractivity contribution is 6.05. The van der Waals surface area contributed by atoms with Crippen molar-refractivity contribution in [3.63, 3.8) is 0 Å². The van der Waals surface area contributed by atoms with Gasteiger partial charge in [0.1, 0.15) is 0 Å². The molecule has 78 valence electrons. The molecule has 15 heavy (non-hydrogen) atoms. The minimum Gasteiger partial charge on any atom is -0.290 e. The summed E-state index contributed by atoms with van der Waals surface area (Å²) in [5.41, 5.74) is 0.859. The Labute approximate surface area is 91.3 Å².